The highest BCUT2D eigenvalue weighted by Crippen LogP contribution is 2.41. The van der Waals surface area contributed by atoms with Crippen LogP contribution in [0, 0.1) is 5.41 Å². The van der Waals surface area contributed by atoms with Gasteiger partial charge in [-0.2, -0.15) is 0 Å². The maximum absolute atomic E-state index is 12.7. The van der Waals surface area contributed by atoms with Crippen molar-refractivity contribution in [1.82, 2.24) is 4.90 Å². The van der Waals surface area contributed by atoms with Crippen LogP contribution in [0.1, 0.15) is 52.4 Å². The Balaban J connectivity index is 1.72. The Morgan fingerprint density at radius 3 is 3.09 bits per heavy atom. The van der Waals surface area contributed by atoms with Gasteiger partial charge in [-0.3, -0.25) is 4.79 Å². The van der Waals surface area contributed by atoms with Crippen molar-refractivity contribution in [2.75, 3.05) is 26.3 Å². The summed E-state index contributed by atoms with van der Waals surface area (Å²) in [6.07, 6.45) is 8.86. The molecule has 2 heterocycles. The van der Waals surface area contributed by atoms with Crippen molar-refractivity contribution in [3.63, 3.8) is 0 Å². The lowest BCUT2D eigenvalue weighted by molar-refractivity contribution is -0.166. The Morgan fingerprint density at radius 1 is 1.50 bits per heavy atom. The Hall–Kier alpha value is -0.870. The van der Waals surface area contributed by atoms with E-state index in [1.807, 2.05) is 0 Å². The third-order valence-electron chi connectivity index (χ3n) is 5.30. The maximum atomic E-state index is 12.7. The van der Waals surface area contributed by atoms with Crippen LogP contribution in [0.15, 0.2) is 11.6 Å². The van der Waals surface area contributed by atoms with Gasteiger partial charge in [0.05, 0.1) is 18.8 Å². The van der Waals surface area contributed by atoms with Gasteiger partial charge in [0.25, 0.3) is 0 Å². The molecule has 0 spiro atoms. The molecule has 0 aromatic rings. The molecule has 22 heavy (non-hydrogen) atoms. The molecule has 3 rings (SSSR count). The van der Waals surface area contributed by atoms with Crippen molar-refractivity contribution in [2.24, 2.45) is 5.41 Å². The summed E-state index contributed by atoms with van der Waals surface area (Å²) in [5.74, 6) is 0.255. The predicted molar refractivity (Wildman–Crippen MR) is 85.6 cm³/mol. The number of hydrogen-bond acceptors (Lipinski definition) is 3. The van der Waals surface area contributed by atoms with Gasteiger partial charge in [0.1, 0.15) is 0 Å². The van der Waals surface area contributed by atoms with Crippen molar-refractivity contribution in [1.29, 1.82) is 0 Å². The maximum Gasteiger partial charge on any atom is 0.249 e. The first-order valence-corrected chi connectivity index (χ1v) is 8.82. The fourth-order valence-electron chi connectivity index (χ4n) is 4.08. The highest BCUT2D eigenvalue weighted by molar-refractivity contribution is 5.93. The lowest BCUT2D eigenvalue weighted by atomic mass is 9.73. The topological polar surface area (TPSA) is 38.8 Å². The van der Waals surface area contributed by atoms with Crippen molar-refractivity contribution in [3.05, 3.63) is 11.6 Å². The Kier molecular flexibility index (Phi) is 4.88. The summed E-state index contributed by atoms with van der Waals surface area (Å²) in [5.41, 5.74) is 1.02. The van der Waals surface area contributed by atoms with Crippen LogP contribution in [-0.4, -0.2) is 49.3 Å². The van der Waals surface area contributed by atoms with E-state index in [0.29, 0.717) is 6.61 Å². The number of allylic oxidation sites excluding steroid dienone is 1. The first-order valence-electron chi connectivity index (χ1n) is 8.82. The zero-order chi connectivity index (χ0) is 15.6. The molecule has 0 N–H and O–H groups in total. The van der Waals surface area contributed by atoms with Gasteiger partial charge in [-0.1, -0.05) is 6.08 Å². The molecule has 0 aromatic heterocycles. The summed E-state index contributed by atoms with van der Waals surface area (Å²) in [6, 6.07) is 0. The molecule has 1 aliphatic carbocycles. The summed E-state index contributed by atoms with van der Waals surface area (Å²) in [7, 11) is 0. The molecule has 0 saturated carbocycles. The number of likely N-dealkylation sites (tertiary alicyclic amines) is 1. The fourth-order valence-corrected chi connectivity index (χ4v) is 4.08. The number of carbonyl (C=O) groups excluding carboxylic acids is 1. The average Bonchev–Trinajstić information content (AvgIpc) is 3.06. The van der Waals surface area contributed by atoms with Crippen LogP contribution in [0.5, 0.6) is 0 Å². The molecular weight excluding hydrogens is 278 g/mol. The Bertz CT molecular complexity index is 446. The molecule has 2 atom stereocenters. The second-order valence-electron chi connectivity index (χ2n) is 7.32. The van der Waals surface area contributed by atoms with Crippen LogP contribution in [0.25, 0.3) is 0 Å². The molecule has 0 unspecified atom stereocenters. The smallest absolute Gasteiger partial charge is 0.249 e. The van der Waals surface area contributed by atoms with E-state index in [1.54, 1.807) is 0 Å². The fraction of sp³-hybridized carbons (Fsp3) is 0.833. The Labute approximate surface area is 133 Å². The van der Waals surface area contributed by atoms with E-state index in [2.05, 4.69) is 24.8 Å². The summed E-state index contributed by atoms with van der Waals surface area (Å²) >= 11 is 0. The molecule has 3 aliphatic rings. The van der Waals surface area contributed by atoms with E-state index in [9.17, 15) is 4.79 Å². The third-order valence-corrected chi connectivity index (χ3v) is 5.30. The highest BCUT2D eigenvalue weighted by Gasteiger charge is 2.47. The second-order valence-corrected chi connectivity index (χ2v) is 7.32. The molecule has 1 amide bonds. The molecule has 0 aromatic carbocycles. The quantitative estimate of drug-likeness (QED) is 0.801. The molecule has 124 valence electrons. The van der Waals surface area contributed by atoms with Crippen LogP contribution in [0.3, 0.4) is 0 Å². The largest absolute Gasteiger partial charge is 0.378 e. The number of amides is 1. The minimum Gasteiger partial charge on any atom is -0.378 e. The van der Waals surface area contributed by atoms with Crippen LogP contribution >= 0.6 is 0 Å². The number of piperidine rings is 1. The monoisotopic (exact) mass is 307 g/mol. The van der Waals surface area contributed by atoms with Gasteiger partial charge in [-0.15, -0.1) is 0 Å². The molecule has 2 saturated heterocycles. The van der Waals surface area contributed by atoms with Gasteiger partial charge in [0.2, 0.25) is 5.91 Å². The summed E-state index contributed by atoms with van der Waals surface area (Å²) in [4.78, 5) is 14.8. The van der Waals surface area contributed by atoms with Gasteiger partial charge in [-0.05, 0) is 52.4 Å². The van der Waals surface area contributed by atoms with Crippen molar-refractivity contribution >= 4 is 5.91 Å². The van der Waals surface area contributed by atoms with E-state index in [0.717, 1.165) is 63.8 Å². The van der Waals surface area contributed by atoms with Gasteiger partial charge < -0.3 is 14.4 Å². The summed E-state index contributed by atoms with van der Waals surface area (Å²) in [6.45, 7) is 7.32. The number of ether oxygens (including phenoxy) is 2. The average molecular weight is 307 g/mol. The van der Waals surface area contributed by atoms with E-state index >= 15 is 0 Å². The summed E-state index contributed by atoms with van der Waals surface area (Å²) < 4.78 is 12.0. The van der Waals surface area contributed by atoms with Gasteiger partial charge >= 0.3 is 0 Å². The molecule has 0 bridgehead atoms. The van der Waals surface area contributed by atoms with Crippen LogP contribution in [0.4, 0.5) is 0 Å². The minimum atomic E-state index is -0.00437. The van der Waals surface area contributed by atoms with E-state index in [4.69, 9.17) is 9.47 Å². The van der Waals surface area contributed by atoms with Crippen molar-refractivity contribution in [3.8, 4) is 0 Å². The number of fused-ring (bicyclic) bond motifs is 1. The van der Waals surface area contributed by atoms with E-state index in [1.165, 1.54) is 0 Å². The van der Waals surface area contributed by atoms with Gasteiger partial charge in [0.15, 0.2) is 0 Å². The highest BCUT2D eigenvalue weighted by atomic mass is 16.5. The first-order chi connectivity index (χ1) is 10.6. The molecule has 2 aliphatic heterocycles. The van der Waals surface area contributed by atoms with Crippen molar-refractivity contribution in [2.45, 2.75) is 64.6 Å². The third kappa shape index (κ3) is 3.23. The SMILES string of the molecule is CC(C)OC[C@]12CCCO[C@@H]1CCN(C(=O)C1=CCCC1)C2. The Morgan fingerprint density at radius 2 is 2.36 bits per heavy atom. The number of rotatable bonds is 4. The lowest BCUT2D eigenvalue weighted by Crippen LogP contribution is -2.58. The zero-order valence-corrected chi connectivity index (χ0v) is 14.0. The second kappa shape index (κ2) is 6.71. The summed E-state index contributed by atoms with van der Waals surface area (Å²) in [5, 5.41) is 0. The molecule has 0 radical (unpaired) electrons. The molecule has 4 heteroatoms. The molecular formula is C18H29NO3. The van der Waals surface area contributed by atoms with Crippen molar-refractivity contribution < 1.29 is 14.3 Å². The normalized spacial score (nSPS) is 32.0. The van der Waals surface area contributed by atoms with E-state index in [-0.39, 0.29) is 23.5 Å². The number of hydrogen-bond donors (Lipinski definition) is 0. The molecule has 2 fully saturated rings. The molecule has 4 nitrogen and oxygen atoms in total. The lowest BCUT2D eigenvalue weighted by Gasteiger charge is -2.50. The minimum absolute atomic E-state index is 0.00437. The predicted octanol–water partition coefficient (Wildman–Crippen LogP) is 2.92. The van der Waals surface area contributed by atoms with Crippen LogP contribution < -0.4 is 0 Å². The number of nitrogens with zero attached hydrogens (tertiary/aromatic N) is 1. The van der Waals surface area contributed by atoms with Crippen LogP contribution in [0.2, 0.25) is 0 Å². The standard InChI is InChI=1S/C18H29NO3/c1-14(2)22-13-18-9-5-11-21-16(18)8-10-19(12-18)17(20)15-6-3-4-7-15/h6,14,16H,3-5,7-13H2,1-2H3/t16-,18-/m1/s1. The van der Waals surface area contributed by atoms with E-state index < -0.39 is 0 Å². The number of carbonyl (C=O) groups is 1. The first kappa shape index (κ1) is 16.0. The van der Waals surface area contributed by atoms with Gasteiger partial charge in [0, 0.05) is 30.7 Å². The zero-order valence-electron chi connectivity index (χ0n) is 14.0. The van der Waals surface area contributed by atoms with Gasteiger partial charge in [-0.25, -0.2) is 0 Å². The van der Waals surface area contributed by atoms with Crippen LogP contribution in [-0.2, 0) is 14.3 Å².